The second-order valence-corrected chi connectivity index (χ2v) is 5.81. The molecule has 6 nitrogen and oxygen atoms in total. The number of thiophene rings is 1. The molecule has 0 saturated heterocycles. The molecule has 1 aromatic carbocycles. The first-order valence-corrected chi connectivity index (χ1v) is 7.93. The Morgan fingerprint density at radius 2 is 2.17 bits per heavy atom. The van der Waals surface area contributed by atoms with Crippen molar-refractivity contribution in [3.8, 4) is 5.75 Å². The molecule has 0 aliphatic carbocycles. The molecule has 0 fully saturated rings. The van der Waals surface area contributed by atoms with E-state index in [0.29, 0.717) is 11.4 Å². The number of amides is 1. The molecule has 0 bridgehead atoms. The van der Waals surface area contributed by atoms with Crippen LogP contribution in [-0.2, 0) is 0 Å². The van der Waals surface area contributed by atoms with E-state index in [2.05, 4.69) is 15.3 Å². The Labute approximate surface area is 137 Å². The fourth-order valence-corrected chi connectivity index (χ4v) is 3.07. The number of carbonyl (C=O) groups excluding carboxylic acids is 1. The van der Waals surface area contributed by atoms with Crippen molar-refractivity contribution in [2.75, 3.05) is 13.7 Å². The zero-order valence-electron chi connectivity index (χ0n) is 12.5. The molecule has 23 heavy (non-hydrogen) atoms. The number of nitrogens with two attached hydrogens (primary N) is 1. The van der Waals surface area contributed by atoms with Crippen LogP contribution in [0.3, 0.4) is 0 Å². The molecule has 3 N–H and O–H groups in total. The van der Waals surface area contributed by atoms with Crippen LogP contribution < -0.4 is 15.8 Å². The lowest BCUT2D eigenvalue weighted by Crippen LogP contribution is -2.32. The lowest BCUT2D eigenvalue weighted by molar-refractivity contribution is 0.0948. The Morgan fingerprint density at radius 1 is 1.35 bits per heavy atom. The number of carbonyl (C=O) groups is 1. The van der Waals surface area contributed by atoms with Crippen molar-refractivity contribution in [1.82, 2.24) is 15.3 Å². The van der Waals surface area contributed by atoms with E-state index in [9.17, 15) is 4.79 Å². The van der Waals surface area contributed by atoms with Crippen molar-refractivity contribution in [2.24, 2.45) is 5.73 Å². The fraction of sp³-hybridized carbons (Fsp3) is 0.188. The highest BCUT2D eigenvalue weighted by Crippen LogP contribution is 2.23. The van der Waals surface area contributed by atoms with Gasteiger partial charge in [-0.1, -0.05) is 18.2 Å². The van der Waals surface area contributed by atoms with E-state index in [1.54, 1.807) is 7.11 Å². The molecular weight excluding hydrogens is 312 g/mol. The summed E-state index contributed by atoms with van der Waals surface area (Å²) in [5, 5.41) is 5.46. The van der Waals surface area contributed by atoms with Gasteiger partial charge in [0, 0.05) is 17.5 Å². The summed E-state index contributed by atoms with van der Waals surface area (Å²) in [4.78, 5) is 21.4. The predicted molar refractivity (Wildman–Crippen MR) is 89.7 cm³/mol. The van der Waals surface area contributed by atoms with Crippen LogP contribution in [0.5, 0.6) is 5.75 Å². The van der Waals surface area contributed by atoms with Gasteiger partial charge in [-0.25, -0.2) is 9.97 Å². The highest BCUT2D eigenvalue weighted by Gasteiger charge is 2.16. The van der Waals surface area contributed by atoms with Gasteiger partial charge in [0.15, 0.2) is 0 Å². The number of hydrogen-bond donors (Lipinski definition) is 2. The first-order chi connectivity index (χ1) is 11.2. The fourth-order valence-electron chi connectivity index (χ4n) is 2.34. The summed E-state index contributed by atoms with van der Waals surface area (Å²) in [5.41, 5.74) is 7.38. The summed E-state index contributed by atoms with van der Waals surface area (Å²) in [6.07, 6.45) is 1.40. The van der Waals surface area contributed by atoms with Crippen molar-refractivity contribution >= 4 is 27.5 Å². The zero-order valence-corrected chi connectivity index (χ0v) is 13.3. The molecule has 3 rings (SSSR count). The number of aromatic nitrogens is 2. The van der Waals surface area contributed by atoms with Gasteiger partial charge in [0.05, 0.1) is 13.2 Å². The van der Waals surface area contributed by atoms with Gasteiger partial charge in [-0.15, -0.1) is 11.3 Å². The van der Waals surface area contributed by atoms with Crippen molar-refractivity contribution in [1.29, 1.82) is 0 Å². The van der Waals surface area contributed by atoms with Gasteiger partial charge in [-0.05, 0) is 17.5 Å². The molecule has 1 amide bonds. The summed E-state index contributed by atoms with van der Waals surface area (Å²) in [5.74, 6) is 0.442. The number of para-hydroxylation sites is 1. The van der Waals surface area contributed by atoms with Gasteiger partial charge in [0.25, 0.3) is 5.91 Å². The van der Waals surface area contributed by atoms with Gasteiger partial charge in [-0.3, -0.25) is 4.79 Å². The summed E-state index contributed by atoms with van der Waals surface area (Å²) in [6, 6.07) is 8.97. The van der Waals surface area contributed by atoms with Crippen molar-refractivity contribution in [3.63, 3.8) is 0 Å². The predicted octanol–water partition coefficient (Wildman–Crippen LogP) is 2.13. The second kappa shape index (κ2) is 6.72. The first kappa shape index (κ1) is 15.4. The number of rotatable bonds is 5. The maximum absolute atomic E-state index is 12.4. The monoisotopic (exact) mass is 328 g/mol. The van der Waals surface area contributed by atoms with Gasteiger partial charge in [-0.2, -0.15) is 0 Å². The van der Waals surface area contributed by atoms with Gasteiger partial charge in [0.2, 0.25) is 0 Å². The summed E-state index contributed by atoms with van der Waals surface area (Å²) in [7, 11) is 1.60. The van der Waals surface area contributed by atoms with Crippen LogP contribution in [0, 0.1) is 0 Å². The first-order valence-electron chi connectivity index (χ1n) is 7.05. The van der Waals surface area contributed by atoms with E-state index in [1.807, 2.05) is 35.7 Å². The summed E-state index contributed by atoms with van der Waals surface area (Å²) >= 11 is 1.47. The third-order valence-corrected chi connectivity index (χ3v) is 4.32. The Bertz CT molecular complexity index is 834. The third kappa shape index (κ3) is 3.15. The molecule has 0 radical (unpaired) electrons. The minimum Gasteiger partial charge on any atom is -0.496 e. The number of benzene rings is 1. The highest BCUT2D eigenvalue weighted by molar-refractivity contribution is 7.16. The van der Waals surface area contributed by atoms with Gasteiger partial charge < -0.3 is 15.8 Å². The maximum atomic E-state index is 12.4. The highest BCUT2D eigenvalue weighted by atomic mass is 32.1. The molecule has 3 aromatic rings. The quantitative estimate of drug-likeness (QED) is 0.749. The Kier molecular flexibility index (Phi) is 4.50. The van der Waals surface area contributed by atoms with Crippen LogP contribution in [0.4, 0.5) is 0 Å². The lowest BCUT2D eigenvalue weighted by atomic mass is 10.1. The Balaban J connectivity index is 1.73. The minimum absolute atomic E-state index is 0.263. The van der Waals surface area contributed by atoms with E-state index >= 15 is 0 Å². The minimum atomic E-state index is -0.366. The summed E-state index contributed by atoms with van der Waals surface area (Å²) in [6.45, 7) is 0.287. The second-order valence-electron chi connectivity index (χ2n) is 4.92. The molecule has 2 heterocycles. The van der Waals surface area contributed by atoms with Crippen LogP contribution in [0.15, 0.2) is 42.0 Å². The largest absolute Gasteiger partial charge is 0.496 e. The number of methoxy groups -OCH3 is 1. The molecule has 2 aromatic heterocycles. The average molecular weight is 328 g/mol. The SMILES string of the molecule is COc1ccccc1C(N)CNC(=O)c1ncnc2sccc12. The molecule has 0 saturated carbocycles. The third-order valence-electron chi connectivity index (χ3n) is 3.50. The molecule has 0 aliphatic rings. The smallest absolute Gasteiger partial charge is 0.270 e. The van der Waals surface area contributed by atoms with Crippen LogP contribution in [0.2, 0.25) is 0 Å². The van der Waals surface area contributed by atoms with Gasteiger partial charge in [0.1, 0.15) is 22.6 Å². The number of nitrogens with one attached hydrogen (secondary N) is 1. The zero-order chi connectivity index (χ0) is 16.2. The number of nitrogens with zero attached hydrogens (tertiary/aromatic N) is 2. The Morgan fingerprint density at radius 3 is 3.00 bits per heavy atom. The van der Waals surface area contributed by atoms with Crippen molar-refractivity contribution < 1.29 is 9.53 Å². The molecule has 0 spiro atoms. The molecule has 7 heteroatoms. The molecule has 1 unspecified atom stereocenters. The van der Waals surface area contributed by atoms with Crippen LogP contribution in [0.1, 0.15) is 22.1 Å². The van der Waals surface area contributed by atoms with E-state index in [-0.39, 0.29) is 18.5 Å². The van der Waals surface area contributed by atoms with E-state index in [4.69, 9.17) is 10.5 Å². The number of fused-ring (bicyclic) bond motifs is 1. The van der Waals surface area contributed by atoms with E-state index < -0.39 is 0 Å². The number of ether oxygens (including phenoxy) is 1. The lowest BCUT2D eigenvalue weighted by Gasteiger charge is -2.16. The molecular formula is C16H16N4O2S. The molecule has 118 valence electrons. The average Bonchev–Trinajstić information content (AvgIpc) is 3.07. The van der Waals surface area contributed by atoms with E-state index in [1.165, 1.54) is 17.7 Å². The molecule has 0 aliphatic heterocycles. The van der Waals surface area contributed by atoms with Crippen molar-refractivity contribution in [2.45, 2.75) is 6.04 Å². The maximum Gasteiger partial charge on any atom is 0.270 e. The van der Waals surface area contributed by atoms with Crippen LogP contribution >= 0.6 is 11.3 Å². The number of hydrogen-bond acceptors (Lipinski definition) is 6. The van der Waals surface area contributed by atoms with Crippen LogP contribution in [0.25, 0.3) is 10.2 Å². The summed E-state index contributed by atoms with van der Waals surface area (Å²) < 4.78 is 5.29. The Hall–Kier alpha value is -2.51. The van der Waals surface area contributed by atoms with Crippen molar-refractivity contribution in [3.05, 3.63) is 53.3 Å². The van der Waals surface area contributed by atoms with E-state index in [0.717, 1.165) is 15.8 Å². The van der Waals surface area contributed by atoms with Gasteiger partial charge >= 0.3 is 0 Å². The normalized spacial score (nSPS) is 12.1. The standard InChI is InChI=1S/C16H16N4O2S/c1-22-13-5-3-2-4-10(13)12(17)8-18-15(21)14-11-6-7-23-16(11)20-9-19-14/h2-7,9,12H,8,17H2,1H3,(H,18,21). The van der Waals surface area contributed by atoms with Crippen LogP contribution in [-0.4, -0.2) is 29.5 Å². The topological polar surface area (TPSA) is 90.1 Å². The molecule has 1 atom stereocenters.